The topological polar surface area (TPSA) is 61.6 Å². The normalized spacial score (nSPS) is 10.0. The molecule has 1 N–H and O–H groups in total. The van der Waals surface area contributed by atoms with Crippen molar-refractivity contribution in [2.75, 3.05) is 5.32 Å². The number of nitrogens with zero attached hydrogens (tertiary/aromatic N) is 3. The zero-order chi connectivity index (χ0) is 13.8. The van der Waals surface area contributed by atoms with Crippen molar-refractivity contribution in [3.63, 3.8) is 0 Å². The van der Waals surface area contributed by atoms with Crippen molar-refractivity contribution in [2.24, 2.45) is 0 Å². The highest BCUT2D eigenvalue weighted by Gasteiger charge is 2.06. The molecule has 0 saturated heterocycles. The summed E-state index contributed by atoms with van der Waals surface area (Å²) in [6, 6.07) is 9.41. The highest BCUT2D eigenvalue weighted by Crippen LogP contribution is 2.24. The molecule has 2 rings (SSSR count). The first-order chi connectivity index (χ1) is 9.12. The van der Waals surface area contributed by atoms with Crippen LogP contribution in [0, 0.1) is 11.3 Å². The van der Waals surface area contributed by atoms with Crippen molar-refractivity contribution in [1.82, 2.24) is 9.97 Å². The third-order valence-electron chi connectivity index (χ3n) is 2.42. The number of aromatic nitrogens is 2. The number of nitrogens with one attached hydrogen (secondary N) is 1. The van der Waals surface area contributed by atoms with Crippen LogP contribution in [0.5, 0.6) is 0 Å². The Bertz CT molecular complexity index is 650. The third-order valence-corrected chi connectivity index (χ3v) is 3.32. The van der Waals surface area contributed by atoms with Gasteiger partial charge >= 0.3 is 0 Å². The van der Waals surface area contributed by atoms with E-state index in [0.29, 0.717) is 11.4 Å². The maximum absolute atomic E-state index is 9.12. The maximum atomic E-state index is 9.12. The molecule has 1 heterocycles. The molecule has 0 unspecified atom stereocenters. The first-order valence-electron chi connectivity index (χ1n) is 5.62. The Hall–Kier alpha value is -1.45. The van der Waals surface area contributed by atoms with Crippen LogP contribution in [0.3, 0.4) is 0 Å². The van der Waals surface area contributed by atoms with Crippen LogP contribution in [0.2, 0.25) is 0 Å². The Balaban J connectivity index is 2.36. The molecule has 0 saturated carbocycles. The van der Waals surface area contributed by atoms with E-state index in [2.05, 4.69) is 53.2 Å². The van der Waals surface area contributed by atoms with E-state index >= 15 is 0 Å². The van der Waals surface area contributed by atoms with Gasteiger partial charge in [-0.1, -0.05) is 22.9 Å². The molecule has 96 valence electrons. The molecule has 0 atom stereocenters. The number of hydrogen-bond donors (Lipinski definition) is 1. The smallest absolute Gasteiger partial charge is 0.135 e. The van der Waals surface area contributed by atoms with Crippen LogP contribution >= 0.6 is 31.9 Å². The third kappa shape index (κ3) is 3.52. The Morgan fingerprint density at radius 3 is 2.74 bits per heavy atom. The van der Waals surface area contributed by atoms with Crippen molar-refractivity contribution in [2.45, 2.75) is 13.3 Å². The van der Waals surface area contributed by atoms with Gasteiger partial charge in [0, 0.05) is 17.0 Å². The number of anilines is 2. The van der Waals surface area contributed by atoms with Crippen LogP contribution in [0.4, 0.5) is 11.5 Å². The molecule has 4 nitrogen and oxygen atoms in total. The minimum Gasteiger partial charge on any atom is -0.339 e. The molecule has 1 aromatic heterocycles. The highest BCUT2D eigenvalue weighted by atomic mass is 79.9. The SMILES string of the molecule is CCc1nc(Br)cc(Nc2ccc(Br)cc2C#N)n1. The zero-order valence-corrected chi connectivity index (χ0v) is 13.3. The summed E-state index contributed by atoms with van der Waals surface area (Å²) < 4.78 is 1.59. The van der Waals surface area contributed by atoms with Gasteiger partial charge in [0.25, 0.3) is 0 Å². The van der Waals surface area contributed by atoms with Gasteiger partial charge in [0.1, 0.15) is 22.3 Å². The molecule has 0 aliphatic rings. The van der Waals surface area contributed by atoms with Crippen molar-refractivity contribution in [3.05, 3.63) is 44.7 Å². The van der Waals surface area contributed by atoms with Gasteiger partial charge in [0.15, 0.2) is 0 Å². The summed E-state index contributed by atoms with van der Waals surface area (Å²) in [5.41, 5.74) is 1.28. The van der Waals surface area contributed by atoms with Crippen molar-refractivity contribution < 1.29 is 0 Å². The molecule has 0 aliphatic heterocycles. The first kappa shape index (κ1) is 14.0. The largest absolute Gasteiger partial charge is 0.339 e. The van der Waals surface area contributed by atoms with Crippen molar-refractivity contribution in [3.8, 4) is 6.07 Å². The van der Waals surface area contributed by atoms with Gasteiger partial charge in [0.2, 0.25) is 0 Å². The molecule has 1 aromatic carbocycles. The fraction of sp³-hybridized carbons (Fsp3) is 0.154. The number of aryl methyl sites for hydroxylation is 1. The Labute approximate surface area is 128 Å². The molecule has 0 amide bonds. The predicted molar refractivity (Wildman–Crippen MR) is 81.2 cm³/mol. The summed E-state index contributed by atoms with van der Waals surface area (Å²) in [6.45, 7) is 1.99. The molecular formula is C13H10Br2N4. The van der Waals surface area contributed by atoms with Crippen molar-refractivity contribution in [1.29, 1.82) is 5.26 Å². The highest BCUT2D eigenvalue weighted by molar-refractivity contribution is 9.10. The van der Waals surface area contributed by atoms with Gasteiger partial charge in [-0.2, -0.15) is 5.26 Å². The number of benzene rings is 1. The van der Waals surface area contributed by atoms with Crippen LogP contribution in [0.1, 0.15) is 18.3 Å². The average molecular weight is 382 g/mol. The first-order valence-corrected chi connectivity index (χ1v) is 7.21. The van der Waals surface area contributed by atoms with Gasteiger partial charge in [-0.3, -0.25) is 0 Å². The lowest BCUT2D eigenvalue weighted by Gasteiger charge is -2.09. The van der Waals surface area contributed by atoms with Gasteiger partial charge in [0.05, 0.1) is 11.3 Å². The Kier molecular flexibility index (Phi) is 4.51. The molecule has 0 radical (unpaired) electrons. The predicted octanol–water partition coefficient (Wildman–Crippen LogP) is 4.18. The monoisotopic (exact) mass is 380 g/mol. The van der Waals surface area contributed by atoms with E-state index in [4.69, 9.17) is 5.26 Å². The molecule has 0 spiro atoms. The number of nitriles is 1. The fourth-order valence-corrected chi connectivity index (χ4v) is 2.33. The van der Waals surface area contributed by atoms with Crippen LogP contribution in [0.15, 0.2) is 33.3 Å². The standard InChI is InChI=1S/C13H10Br2N4/c1-2-12-18-11(15)6-13(19-12)17-10-4-3-9(14)5-8(10)7-16/h3-6H,2H2,1H3,(H,17,18,19). The number of hydrogen-bond acceptors (Lipinski definition) is 4. The van der Waals surface area contributed by atoms with E-state index in [1.54, 1.807) is 12.1 Å². The molecule has 0 bridgehead atoms. The van der Waals surface area contributed by atoms with Gasteiger partial charge in [-0.15, -0.1) is 0 Å². The molecule has 0 fully saturated rings. The van der Waals surface area contributed by atoms with Crippen LogP contribution < -0.4 is 5.32 Å². The summed E-state index contributed by atoms with van der Waals surface area (Å²) >= 11 is 6.70. The van der Waals surface area contributed by atoms with E-state index in [1.807, 2.05) is 19.1 Å². The van der Waals surface area contributed by atoms with E-state index in [9.17, 15) is 0 Å². The average Bonchev–Trinajstić information content (AvgIpc) is 2.40. The molecule has 19 heavy (non-hydrogen) atoms. The molecule has 0 aliphatic carbocycles. The zero-order valence-electron chi connectivity index (χ0n) is 10.1. The Morgan fingerprint density at radius 1 is 1.26 bits per heavy atom. The minimum atomic E-state index is 0.558. The van der Waals surface area contributed by atoms with Crippen LogP contribution in [0.25, 0.3) is 0 Å². The van der Waals surface area contributed by atoms with E-state index in [1.165, 1.54) is 0 Å². The summed E-state index contributed by atoms with van der Waals surface area (Å²) in [7, 11) is 0. The molecule has 6 heteroatoms. The van der Waals surface area contributed by atoms with Crippen LogP contribution in [-0.4, -0.2) is 9.97 Å². The maximum Gasteiger partial charge on any atom is 0.135 e. The lowest BCUT2D eigenvalue weighted by Crippen LogP contribution is -2.01. The lowest BCUT2D eigenvalue weighted by molar-refractivity contribution is 0.931. The number of halogens is 2. The second kappa shape index (κ2) is 6.13. The fourth-order valence-electron chi connectivity index (χ4n) is 1.54. The van der Waals surface area contributed by atoms with Gasteiger partial charge in [-0.05, 0) is 34.1 Å². The quantitative estimate of drug-likeness (QED) is 0.810. The summed E-state index contributed by atoms with van der Waals surface area (Å²) in [5.74, 6) is 1.41. The van der Waals surface area contributed by atoms with E-state index in [0.717, 1.165) is 27.0 Å². The summed E-state index contributed by atoms with van der Waals surface area (Å²) in [4.78, 5) is 8.62. The second-order valence-corrected chi connectivity index (χ2v) is 5.50. The lowest BCUT2D eigenvalue weighted by atomic mass is 10.2. The molecular weight excluding hydrogens is 372 g/mol. The van der Waals surface area contributed by atoms with E-state index < -0.39 is 0 Å². The van der Waals surface area contributed by atoms with E-state index in [-0.39, 0.29) is 0 Å². The summed E-state index contributed by atoms with van der Waals surface area (Å²) in [6.07, 6.45) is 0.750. The van der Waals surface area contributed by atoms with Crippen molar-refractivity contribution >= 4 is 43.4 Å². The van der Waals surface area contributed by atoms with Gasteiger partial charge in [-0.25, -0.2) is 9.97 Å². The Morgan fingerprint density at radius 2 is 2.05 bits per heavy atom. The van der Waals surface area contributed by atoms with Gasteiger partial charge < -0.3 is 5.32 Å². The number of rotatable bonds is 3. The second-order valence-electron chi connectivity index (χ2n) is 3.77. The summed E-state index contributed by atoms with van der Waals surface area (Å²) in [5, 5.41) is 12.3. The minimum absolute atomic E-state index is 0.558. The van der Waals surface area contributed by atoms with Crippen LogP contribution in [-0.2, 0) is 6.42 Å². The molecule has 2 aromatic rings.